The van der Waals surface area contributed by atoms with E-state index in [2.05, 4.69) is 35.3 Å². The zero-order chi connectivity index (χ0) is 12.8. The second-order valence-corrected chi connectivity index (χ2v) is 7.25. The van der Waals surface area contributed by atoms with Crippen molar-refractivity contribution in [1.82, 2.24) is 10.2 Å². The van der Waals surface area contributed by atoms with E-state index in [1.165, 1.54) is 5.56 Å². The van der Waals surface area contributed by atoms with Crippen molar-refractivity contribution in [3.63, 3.8) is 0 Å². The molecule has 1 aromatic rings. The molecule has 98 valence electrons. The third-order valence-corrected chi connectivity index (χ3v) is 5.52. The van der Waals surface area contributed by atoms with Crippen molar-refractivity contribution >= 4 is 29.0 Å². The van der Waals surface area contributed by atoms with E-state index in [4.69, 9.17) is 0 Å². The molecule has 0 radical (unpaired) electrons. The van der Waals surface area contributed by atoms with Gasteiger partial charge in [-0.15, -0.1) is 0 Å². The van der Waals surface area contributed by atoms with Crippen LogP contribution in [0.15, 0.2) is 16.8 Å². The highest BCUT2D eigenvalue weighted by Crippen LogP contribution is 2.46. The standard InChI is InChI=1S/C13H18N2OS2/c1-9(17-2)7-15-11(10-3-6-18-8-10)14-13(4-5-13)12(15)16/h3,6,8-9,11,14H,4-5,7H2,1-2H3. The van der Waals surface area contributed by atoms with E-state index in [1.54, 1.807) is 11.3 Å². The number of hydrogen-bond acceptors (Lipinski definition) is 4. The van der Waals surface area contributed by atoms with Gasteiger partial charge in [-0.1, -0.05) is 6.92 Å². The summed E-state index contributed by atoms with van der Waals surface area (Å²) in [6.45, 7) is 3.01. The fourth-order valence-electron chi connectivity index (χ4n) is 2.51. The first kappa shape index (κ1) is 12.5. The number of hydrogen-bond donors (Lipinski definition) is 1. The SMILES string of the molecule is CSC(C)CN1C(=O)C2(CC2)NC1c1ccsc1. The molecule has 2 unspecified atom stereocenters. The molecule has 1 aliphatic heterocycles. The Kier molecular flexibility index (Phi) is 3.16. The van der Waals surface area contributed by atoms with Crippen LogP contribution in [0.25, 0.3) is 0 Å². The average molecular weight is 282 g/mol. The van der Waals surface area contributed by atoms with Gasteiger partial charge in [-0.05, 0) is 41.5 Å². The van der Waals surface area contributed by atoms with Gasteiger partial charge in [0.15, 0.2) is 0 Å². The second kappa shape index (κ2) is 4.54. The number of nitrogens with one attached hydrogen (secondary N) is 1. The molecule has 18 heavy (non-hydrogen) atoms. The van der Waals surface area contributed by atoms with Crippen LogP contribution in [-0.2, 0) is 4.79 Å². The average Bonchev–Trinajstić information content (AvgIpc) is 2.85. The Bertz CT molecular complexity index is 442. The molecule has 1 spiro atoms. The molecule has 0 bridgehead atoms. The number of carbonyl (C=O) groups is 1. The van der Waals surface area contributed by atoms with Crippen LogP contribution in [0.5, 0.6) is 0 Å². The maximum atomic E-state index is 12.5. The van der Waals surface area contributed by atoms with Crippen molar-refractivity contribution in [2.45, 2.75) is 36.7 Å². The highest BCUT2D eigenvalue weighted by atomic mass is 32.2. The first-order valence-corrected chi connectivity index (χ1v) is 8.53. The van der Waals surface area contributed by atoms with Gasteiger partial charge in [-0.3, -0.25) is 10.1 Å². The molecule has 1 N–H and O–H groups in total. The molecule has 2 aliphatic rings. The summed E-state index contributed by atoms with van der Waals surface area (Å²) in [4.78, 5) is 14.5. The summed E-state index contributed by atoms with van der Waals surface area (Å²) in [5, 5.41) is 8.25. The van der Waals surface area contributed by atoms with Crippen LogP contribution in [-0.4, -0.2) is 34.4 Å². The zero-order valence-electron chi connectivity index (χ0n) is 10.7. The summed E-state index contributed by atoms with van der Waals surface area (Å²) in [6.07, 6.45) is 4.18. The lowest BCUT2D eigenvalue weighted by Gasteiger charge is -2.26. The molecular weight excluding hydrogens is 264 g/mol. The van der Waals surface area contributed by atoms with E-state index in [0.717, 1.165) is 19.4 Å². The predicted octanol–water partition coefficient (Wildman–Crippen LogP) is 2.46. The fourth-order valence-corrected chi connectivity index (χ4v) is 3.50. The zero-order valence-corrected chi connectivity index (χ0v) is 12.3. The van der Waals surface area contributed by atoms with Gasteiger partial charge in [-0.2, -0.15) is 23.1 Å². The summed E-state index contributed by atoms with van der Waals surface area (Å²) < 4.78 is 0. The van der Waals surface area contributed by atoms with Gasteiger partial charge in [0.2, 0.25) is 5.91 Å². The number of thiophene rings is 1. The van der Waals surface area contributed by atoms with Crippen molar-refractivity contribution in [3.8, 4) is 0 Å². The van der Waals surface area contributed by atoms with Crippen LogP contribution in [0, 0.1) is 0 Å². The summed E-state index contributed by atoms with van der Waals surface area (Å²) in [7, 11) is 0. The number of amides is 1. The van der Waals surface area contributed by atoms with Crippen LogP contribution in [0.3, 0.4) is 0 Å². The van der Waals surface area contributed by atoms with E-state index < -0.39 is 0 Å². The van der Waals surface area contributed by atoms with E-state index >= 15 is 0 Å². The highest BCUT2D eigenvalue weighted by molar-refractivity contribution is 7.99. The Morgan fingerprint density at radius 3 is 3.00 bits per heavy atom. The molecular formula is C13H18N2OS2. The Morgan fingerprint density at radius 2 is 2.44 bits per heavy atom. The van der Waals surface area contributed by atoms with Crippen LogP contribution in [0.2, 0.25) is 0 Å². The normalized spacial score (nSPS) is 26.9. The maximum absolute atomic E-state index is 12.5. The van der Waals surface area contributed by atoms with Crippen molar-refractivity contribution in [3.05, 3.63) is 22.4 Å². The lowest BCUT2D eigenvalue weighted by atomic mass is 10.2. The fraction of sp³-hybridized carbons (Fsp3) is 0.615. The third kappa shape index (κ3) is 1.98. The minimum absolute atomic E-state index is 0.0841. The largest absolute Gasteiger partial charge is 0.320 e. The van der Waals surface area contributed by atoms with Gasteiger partial charge in [0.25, 0.3) is 0 Å². The maximum Gasteiger partial charge on any atom is 0.244 e. The van der Waals surface area contributed by atoms with Crippen LogP contribution in [0.4, 0.5) is 0 Å². The lowest BCUT2D eigenvalue weighted by Crippen LogP contribution is -2.36. The van der Waals surface area contributed by atoms with Gasteiger partial charge < -0.3 is 4.90 Å². The van der Waals surface area contributed by atoms with Crippen LogP contribution in [0.1, 0.15) is 31.5 Å². The number of nitrogens with zero attached hydrogens (tertiary/aromatic N) is 1. The summed E-state index contributed by atoms with van der Waals surface area (Å²) in [5.74, 6) is 0.305. The van der Waals surface area contributed by atoms with Gasteiger partial charge >= 0.3 is 0 Å². The van der Waals surface area contributed by atoms with Crippen molar-refractivity contribution in [2.24, 2.45) is 0 Å². The smallest absolute Gasteiger partial charge is 0.244 e. The number of rotatable bonds is 4. The molecule has 2 fully saturated rings. The van der Waals surface area contributed by atoms with Crippen molar-refractivity contribution < 1.29 is 4.79 Å². The lowest BCUT2D eigenvalue weighted by molar-refractivity contribution is -0.130. The third-order valence-electron chi connectivity index (χ3n) is 3.86. The first-order chi connectivity index (χ1) is 8.66. The van der Waals surface area contributed by atoms with Crippen molar-refractivity contribution in [2.75, 3.05) is 12.8 Å². The molecule has 1 aromatic heterocycles. The molecule has 2 atom stereocenters. The van der Waals surface area contributed by atoms with E-state index in [1.807, 2.05) is 16.7 Å². The second-order valence-electron chi connectivity index (χ2n) is 5.19. The molecule has 0 aromatic carbocycles. The molecule has 5 heteroatoms. The topological polar surface area (TPSA) is 32.3 Å². The number of carbonyl (C=O) groups excluding carboxylic acids is 1. The van der Waals surface area contributed by atoms with E-state index in [-0.39, 0.29) is 11.7 Å². The van der Waals surface area contributed by atoms with Crippen LogP contribution >= 0.6 is 23.1 Å². The Hall–Kier alpha value is -0.520. The molecule has 1 saturated heterocycles. The molecule has 3 nitrogen and oxygen atoms in total. The van der Waals surface area contributed by atoms with E-state index in [9.17, 15) is 4.79 Å². The van der Waals surface area contributed by atoms with Gasteiger partial charge in [0.05, 0.1) is 0 Å². The minimum Gasteiger partial charge on any atom is -0.320 e. The first-order valence-electron chi connectivity index (χ1n) is 6.30. The van der Waals surface area contributed by atoms with Gasteiger partial charge in [0, 0.05) is 11.8 Å². The summed E-state index contributed by atoms with van der Waals surface area (Å²) in [5.41, 5.74) is 1.01. The monoisotopic (exact) mass is 282 g/mol. The predicted molar refractivity (Wildman–Crippen MR) is 76.9 cm³/mol. The Labute approximate surface area is 116 Å². The summed E-state index contributed by atoms with van der Waals surface area (Å²) >= 11 is 3.51. The Morgan fingerprint density at radius 1 is 1.67 bits per heavy atom. The molecule has 1 aliphatic carbocycles. The molecule has 1 amide bonds. The summed E-state index contributed by atoms with van der Waals surface area (Å²) in [6, 6.07) is 2.12. The quantitative estimate of drug-likeness (QED) is 0.921. The van der Waals surface area contributed by atoms with Crippen LogP contribution < -0.4 is 5.32 Å². The molecule has 2 heterocycles. The Balaban J connectivity index is 1.84. The molecule has 3 rings (SSSR count). The van der Waals surface area contributed by atoms with E-state index in [0.29, 0.717) is 11.2 Å². The molecule has 1 saturated carbocycles. The van der Waals surface area contributed by atoms with Gasteiger partial charge in [-0.25, -0.2) is 0 Å². The van der Waals surface area contributed by atoms with Gasteiger partial charge in [0.1, 0.15) is 11.7 Å². The minimum atomic E-state index is -0.218. The number of thioether (sulfide) groups is 1. The highest BCUT2D eigenvalue weighted by Gasteiger charge is 2.59. The van der Waals surface area contributed by atoms with Crippen molar-refractivity contribution in [1.29, 1.82) is 0 Å².